The third-order valence-corrected chi connectivity index (χ3v) is 6.45. The standard InChI is InChI=1S/C25H30FN3O2/c1-2-7-18-10-12-19(13-11-18)24-22-16-28(14-5-6-15-29(22)23(24)17-30)25(31)27-21-9-4-3-8-20(21)26/h2-4,7-13,22-24,30H,5-6,14-17H2,1H3,(H,27,31)/b7-2+/t22-,23+,24+/m1/s1. The Morgan fingerprint density at radius 3 is 2.61 bits per heavy atom. The topological polar surface area (TPSA) is 55.8 Å². The first-order valence-corrected chi connectivity index (χ1v) is 11.0. The lowest BCUT2D eigenvalue weighted by Gasteiger charge is -2.57. The molecule has 0 saturated carbocycles. The average molecular weight is 424 g/mol. The Labute approximate surface area is 183 Å². The molecule has 0 spiro atoms. The lowest BCUT2D eigenvalue weighted by Crippen LogP contribution is -2.68. The van der Waals surface area contributed by atoms with E-state index in [4.69, 9.17) is 0 Å². The van der Waals surface area contributed by atoms with Gasteiger partial charge in [-0.1, -0.05) is 48.6 Å². The maximum absolute atomic E-state index is 14.0. The molecule has 2 heterocycles. The Kier molecular flexibility index (Phi) is 6.68. The summed E-state index contributed by atoms with van der Waals surface area (Å²) in [7, 11) is 0. The second kappa shape index (κ2) is 9.62. The van der Waals surface area contributed by atoms with Crippen molar-refractivity contribution in [2.24, 2.45) is 0 Å². The Morgan fingerprint density at radius 1 is 1.16 bits per heavy atom. The molecule has 0 bridgehead atoms. The van der Waals surface area contributed by atoms with Crippen LogP contribution in [0.1, 0.15) is 36.8 Å². The number of nitrogens with one attached hydrogen (secondary N) is 1. The zero-order chi connectivity index (χ0) is 21.8. The molecule has 0 aromatic heterocycles. The molecule has 2 aromatic rings. The molecule has 5 nitrogen and oxygen atoms in total. The molecule has 2 amide bonds. The van der Waals surface area contributed by atoms with E-state index in [0.717, 1.165) is 24.9 Å². The number of carbonyl (C=O) groups is 1. The monoisotopic (exact) mass is 423 g/mol. The molecular weight excluding hydrogens is 393 g/mol. The van der Waals surface area contributed by atoms with Crippen molar-refractivity contribution < 1.29 is 14.3 Å². The summed E-state index contributed by atoms with van der Waals surface area (Å²) < 4.78 is 14.0. The zero-order valence-electron chi connectivity index (χ0n) is 17.9. The first-order chi connectivity index (χ1) is 15.1. The van der Waals surface area contributed by atoms with Crippen molar-refractivity contribution in [3.05, 3.63) is 71.6 Å². The molecule has 2 aliphatic rings. The lowest BCUT2D eigenvalue weighted by molar-refractivity contribution is -0.0585. The summed E-state index contributed by atoms with van der Waals surface area (Å²) in [5.41, 5.74) is 2.53. The highest BCUT2D eigenvalue weighted by atomic mass is 19.1. The van der Waals surface area contributed by atoms with Gasteiger partial charge in [-0.25, -0.2) is 9.18 Å². The lowest BCUT2D eigenvalue weighted by atomic mass is 9.74. The highest BCUT2D eigenvalue weighted by Crippen LogP contribution is 2.42. The van der Waals surface area contributed by atoms with Crippen molar-refractivity contribution in [1.29, 1.82) is 0 Å². The second-order valence-electron chi connectivity index (χ2n) is 8.31. The third-order valence-electron chi connectivity index (χ3n) is 6.45. The fourth-order valence-corrected chi connectivity index (χ4v) is 4.90. The third kappa shape index (κ3) is 4.50. The molecule has 6 heteroatoms. The summed E-state index contributed by atoms with van der Waals surface area (Å²) in [4.78, 5) is 17.1. The van der Waals surface area contributed by atoms with Gasteiger partial charge >= 0.3 is 6.03 Å². The molecule has 0 unspecified atom stereocenters. The van der Waals surface area contributed by atoms with Crippen molar-refractivity contribution in [1.82, 2.24) is 9.80 Å². The maximum atomic E-state index is 14.0. The number of aliphatic hydroxyl groups excluding tert-OH is 1. The predicted molar refractivity (Wildman–Crippen MR) is 121 cm³/mol. The van der Waals surface area contributed by atoms with Gasteiger partial charge in [-0.05, 0) is 49.6 Å². The van der Waals surface area contributed by atoms with Crippen LogP contribution in [0.25, 0.3) is 6.08 Å². The number of rotatable bonds is 4. The van der Waals surface area contributed by atoms with E-state index in [1.165, 1.54) is 11.6 Å². The van der Waals surface area contributed by atoms with Crippen LogP contribution in [0.15, 0.2) is 54.6 Å². The van der Waals surface area contributed by atoms with Crippen molar-refractivity contribution in [2.45, 2.75) is 37.8 Å². The van der Waals surface area contributed by atoms with Gasteiger partial charge in [0, 0.05) is 31.1 Å². The van der Waals surface area contributed by atoms with Gasteiger partial charge in [0.25, 0.3) is 0 Å². The average Bonchev–Trinajstić information content (AvgIpc) is 2.75. The number of anilines is 1. The maximum Gasteiger partial charge on any atom is 0.321 e. The van der Waals surface area contributed by atoms with Crippen LogP contribution in [0, 0.1) is 5.82 Å². The summed E-state index contributed by atoms with van der Waals surface area (Å²) >= 11 is 0. The number of hydrogen-bond acceptors (Lipinski definition) is 3. The molecule has 2 saturated heterocycles. The minimum absolute atomic E-state index is 0.0622. The van der Waals surface area contributed by atoms with Gasteiger partial charge < -0.3 is 15.3 Å². The number of fused-ring (bicyclic) bond motifs is 1. The van der Waals surface area contributed by atoms with E-state index >= 15 is 0 Å². The van der Waals surface area contributed by atoms with Crippen LogP contribution in [0.2, 0.25) is 0 Å². The minimum atomic E-state index is -0.437. The molecule has 2 aromatic carbocycles. The van der Waals surface area contributed by atoms with Crippen molar-refractivity contribution in [3.8, 4) is 0 Å². The van der Waals surface area contributed by atoms with E-state index in [2.05, 4.69) is 40.6 Å². The number of allylic oxidation sites excluding steroid dienone is 1. The Hall–Kier alpha value is -2.70. The SMILES string of the molecule is C/C=C/c1ccc([C@H]2[C@H]3CN(C(=O)Nc4ccccc4F)CCCCN3[C@H]2CO)cc1. The van der Waals surface area contributed by atoms with Gasteiger partial charge in [0.05, 0.1) is 12.3 Å². The smallest absolute Gasteiger partial charge is 0.321 e. The predicted octanol–water partition coefficient (Wildman–Crippen LogP) is 4.32. The molecule has 31 heavy (non-hydrogen) atoms. The van der Waals surface area contributed by atoms with Crippen LogP contribution in [0.5, 0.6) is 0 Å². The summed E-state index contributed by atoms with van der Waals surface area (Å²) in [6.07, 6.45) is 5.92. The summed E-state index contributed by atoms with van der Waals surface area (Å²) in [5.74, 6) is -0.279. The van der Waals surface area contributed by atoms with Gasteiger partial charge in [-0.15, -0.1) is 0 Å². The number of nitrogens with zero attached hydrogens (tertiary/aromatic N) is 2. The molecule has 164 valence electrons. The van der Waals surface area contributed by atoms with Crippen molar-refractivity contribution >= 4 is 17.8 Å². The molecule has 0 aliphatic carbocycles. The summed E-state index contributed by atoms with van der Waals surface area (Å²) in [6, 6.07) is 14.6. The molecule has 2 aliphatic heterocycles. The van der Waals surface area contributed by atoms with Gasteiger partial charge in [-0.3, -0.25) is 4.90 Å². The first kappa shape index (κ1) is 21.5. The van der Waals surface area contributed by atoms with Crippen LogP contribution < -0.4 is 5.32 Å². The molecule has 2 fully saturated rings. The Morgan fingerprint density at radius 2 is 1.90 bits per heavy atom. The molecule has 0 radical (unpaired) electrons. The second-order valence-corrected chi connectivity index (χ2v) is 8.31. The van der Waals surface area contributed by atoms with Crippen LogP contribution >= 0.6 is 0 Å². The van der Waals surface area contributed by atoms with Crippen molar-refractivity contribution in [3.63, 3.8) is 0 Å². The molecule has 4 rings (SSSR count). The molecular formula is C25H30FN3O2. The highest BCUT2D eigenvalue weighted by Gasteiger charge is 2.49. The van der Waals surface area contributed by atoms with Crippen LogP contribution in [-0.4, -0.2) is 59.3 Å². The number of para-hydroxylation sites is 1. The van der Waals surface area contributed by atoms with E-state index in [-0.39, 0.29) is 36.3 Å². The number of benzene rings is 2. The number of halogens is 1. The number of carbonyl (C=O) groups excluding carboxylic acids is 1. The van der Waals surface area contributed by atoms with E-state index in [0.29, 0.717) is 13.1 Å². The first-order valence-electron chi connectivity index (χ1n) is 11.0. The Bertz CT molecular complexity index is 931. The minimum Gasteiger partial charge on any atom is -0.395 e. The fraction of sp³-hybridized carbons (Fsp3) is 0.400. The van der Waals surface area contributed by atoms with Crippen LogP contribution in [0.4, 0.5) is 14.9 Å². The molecule has 2 N–H and O–H groups in total. The quantitative estimate of drug-likeness (QED) is 0.770. The fourth-order valence-electron chi connectivity index (χ4n) is 4.90. The van der Waals surface area contributed by atoms with E-state index in [1.807, 2.05) is 13.0 Å². The van der Waals surface area contributed by atoms with E-state index < -0.39 is 5.82 Å². The normalized spacial score (nSPS) is 24.2. The number of aliphatic hydroxyl groups is 1. The van der Waals surface area contributed by atoms with E-state index in [1.54, 1.807) is 23.1 Å². The largest absolute Gasteiger partial charge is 0.395 e. The molecule has 3 atom stereocenters. The van der Waals surface area contributed by atoms with Crippen LogP contribution in [0.3, 0.4) is 0 Å². The number of urea groups is 1. The van der Waals surface area contributed by atoms with Gasteiger partial charge in [0.15, 0.2) is 0 Å². The number of amides is 2. The zero-order valence-corrected chi connectivity index (χ0v) is 17.9. The Balaban J connectivity index is 1.53. The van der Waals surface area contributed by atoms with Crippen molar-refractivity contribution in [2.75, 3.05) is 31.6 Å². The number of hydrogen-bond donors (Lipinski definition) is 2. The van der Waals surface area contributed by atoms with Gasteiger partial charge in [-0.2, -0.15) is 0 Å². The summed E-state index contributed by atoms with van der Waals surface area (Å²) in [6.45, 7) is 4.21. The summed E-state index contributed by atoms with van der Waals surface area (Å²) in [5, 5.41) is 12.8. The van der Waals surface area contributed by atoms with E-state index in [9.17, 15) is 14.3 Å². The van der Waals surface area contributed by atoms with Gasteiger partial charge in [0.2, 0.25) is 0 Å². The van der Waals surface area contributed by atoms with Gasteiger partial charge in [0.1, 0.15) is 5.82 Å². The van der Waals surface area contributed by atoms with Crippen LogP contribution in [-0.2, 0) is 0 Å². The highest BCUT2D eigenvalue weighted by molar-refractivity contribution is 5.89.